The van der Waals surface area contributed by atoms with E-state index in [1.54, 1.807) is 0 Å². The van der Waals surface area contributed by atoms with Crippen molar-refractivity contribution in [2.24, 2.45) is 5.92 Å². The topological polar surface area (TPSA) is 47.0 Å². The first-order chi connectivity index (χ1) is 9.97. The van der Waals surface area contributed by atoms with E-state index in [2.05, 4.69) is 39.9 Å². The lowest BCUT2D eigenvalue weighted by atomic mass is 9.98. The number of hydrogen-bond acceptors (Lipinski definition) is 4. The van der Waals surface area contributed by atoms with E-state index < -0.39 is 0 Å². The minimum absolute atomic E-state index is 0.108. The second kappa shape index (κ2) is 7.32. The number of aryl methyl sites for hydroxylation is 2. The summed E-state index contributed by atoms with van der Waals surface area (Å²) in [5.41, 5.74) is 3.53. The zero-order chi connectivity index (χ0) is 15.4. The third kappa shape index (κ3) is 4.48. The highest BCUT2D eigenvalue weighted by atomic mass is 16.5. The van der Waals surface area contributed by atoms with E-state index in [9.17, 15) is 0 Å². The van der Waals surface area contributed by atoms with Crippen molar-refractivity contribution < 1.29 is 4.74 Å². The van der Waals surface area contributed by atoms with Crippen molar-refractivity contribution in [3.8, 4) is 0 Å². The van der Waals surface area contributed by atoms with E-state index in [4.69, 9.17) is 14.7 Å². The van der Waals surface area contributed by atoms with Gasteiger partial charge < -0.3 is 10.1 Å². The molecule has 4 nitrogen and oxygen atoms in total. The number of hydrogen-bond donors (Lipinski definition) is 1. The van der Waals surface area contributed by atoms with Crippen LogP contribution >= 0.6 is 0 Å². The molecule has 0 spiro atoms. The first-order valence-corrected chi connectivity index (χ1v) is 8.16. The molecule has 2 atom stereocenters. The summed E-state index contributed by atoms with van der Waals surface area (Å²) in [6.45, 7) is 12.7. The average molecular weight is 291 g/mol. The van der Waals surface area contributed by atoms with Crippen LogP contribution in [-0.2, 0) is 11.2 Å². The van der Waals surface area contributed by atoms with E-state index in [-0.39, 0.29) is 6.10 Å². The molecular weight excluding hydrogens is 262 g/mol. The minimum Gasteiger partial charge on any atom is -0.370 e. The molecule has 1 N–H and O–H groups in total. The Morgan fingerprint density at radius 3 is 2.38 bits per heavy atom. The quantitative estimate of drug-likeness (QED) is 0.875. The summed E-state index contributed by atoms with van der Waals surface area (Å²) < 4.78 is 5.70. The number of nitrogens with zero attached hydrogens (tertiary/aromatic N) is 2. The second-order valence-electron chi connectivity index (χ2n) is 6.61. The largest absolute Gasteiger partial charge is 0.370 e. The maximum absolute atomic E-state index is 5.70. The standard InChI is InChI=1S/C17H29N3O/c1-11(2)18-10-12(3)9-15-13(4)19-17(20-14(15)5)16-7-6-8-21-16/h11-12,16,18H,6-10H2,1-5H3. The van der Waals surface area contributed by atoms with Crippen LogP contribution in [0.3, 0.4) is 0 Å². The van der Waals surface area contributed by atoms with E-state index in [0.717, 1.165) is 49.6 Å². The van der Waals surface area contributed by atoms with Gasteiger partial charge in [-0.05, 0) is 51.1 Å². The molecule has 0 aromatic carbocycles. The minimum atomic E-state index is 0.108. The van der Waals surface area contributed by atoms with Gasteiger partial charge in [0.05, 0.1) is 0 Å². The SMILES string of the molecule is Cc1nc(C2CCCO2)nc(C)c1CC(C)CNC(C)C. The van der Waals surface area contributed by atoms with Gasteiger partial charge in [0.15, 0.2) is 5.82 Å². The molecule has 2 rings (SSSR count). The van der Waals surface area contributed by atoms with Crippen molar-refractivity contribution in [1.82, 2.24) is 15.3 Å². The Morgan fingerprint density at radius 2 is 1.86 bits per heavy atom. The van der Waals surface area contributed by atoms with Crippen molar-refractivity contribution in [3.63, 3.8) is 0 Å². The summed E-state index contributed by atoms with van der Waals surface area (Å²) in [6, 6.07) is 0.535. The molecule has 0 saturated carbocycles. The van der Waals surface area contributed by atoms with Crippen LogP contribution in [0.25, 0.3) is 0 Å². The van der Waals surface area contributed by atoms with Gasteiger partial charge >= 0.3 is 0 Å². The van der Waals surface area contributed by atoms with E-state index in [0.29, 0.717) is 12.0 Å². The molecule has 0 bridgehead atoms. The smallest absolute Gasteiger partial charge is 0.157 e. The molecule has 2 heterocycles. The molecule has 0 aliphatic carbocycles. The fourth-order valence-electron chi connectivity index (χ4n) is 2.84. The fraction of sp³-hybridized carbons (Fsp3) is 0.765. The summed E-state index contributed by atoms with van der Waals surface area (Å²) in [4.78, 5) is 9.42. The Morgan fingerprint density at radius 1 is 1.19 bits per heavy atom. The maximum atomic E-state index is 5.70. The number of rotatable bonds is 6. The highest BCUT2D eigenvalue weighted by Crippen LogP contribution is 2.27. The van der Waals surface area contributed by atoms with Crippen LogP contribution in [0.2, 0.25) is 0 Å². The lowest BCUT2D eigenvalue weighted by molar-refractivity contribution is 0.104. The third-order valence-electron chi connectivity index (χ3n) is 4.08. The first-order valence-electron chi connectivity index (χ1n) is 8.16. The zero-order valence-electron chi connectivity index (χ0n) is 14.1. The second-order valence-corrected chi connectivity index (χ2v) is 6.61. The Balaban J connectivity index is 2.06. The Kier molecular flexibility index (Phi) is 5.71. The van der Waals surface area contributed by atoms with Crippen molar-refractivity contribution in [2.45, 2.75) is 66.0 Å². The summed E-state index contributed by atoms with van der Waals surface area (Å²) in [5.74, 6) is 1.46. The lowest BCUT2D eigenvalue weighted by Gasteiger charge is -2.18. The van der Waals surface area contributed by atoms with Gasteiger partial charge in [0, 0.05) is 24.0 Å². The summed E-state index contributed by atoms with van der Waals surface area (Å²) >= 11 is 0. The van der Waals surface area contributed by atoms with Gasteiger partial charge in [0.25, 0.3) is 0 Å². The van der Waals surface area contributed by atoms with Gasteiger partial charge in [-0.1, -0.05) is 20.8 Å². The van der Waals surface area contributed by atoms with E-state index in [1.165, 1.54) is 5.56 Å². The molecule has 0 amide bonds. The van der Waals surface area contributed by atoms with E-state index >= 15 is 0 Å². The van der Waals surface area contributed by atoms with Gasteiger partial charge in [-0.25, -0.2) is 9.97 Å². The molecule has 1 saturated heterocycles. The molecule has 1 fully saturated rings. The van der Waals surface area contributed by atoms with Crippen LogP contribution in [0, 0.1) is 19.8 Å². The summed E-state index contributed by atoms with van der Waals surface area (Å²) in [6.07, 6.45) is 3.30. The summed E-state index contributed by atoms with van der Waals surface area (Å²) in [5, 5.41) is 3.50. The normalized spacial score (nSPS) is 20.2. The van der Waals surface area contributed by atoms with Gasteiger partial charge in [-0.2, -0.15) is 0 Å². The van der Waals surface area contributed by atoms with Crippen LogP contribution in [-0.4, -0.2) is 29.2 Å². The molecular formula is C17H29N3O. The van der Waals surface area contributed by atoms with Crippen molar-refractivity contribution >= 4 is 0 Å². The zero-order valence-corrected chi connectivity index (χ0v) is 14.1. The van der Waals surface area contributed by atoms with Crippen LogP contribution in [0.5, 0.6) is 0 Å². The third-order valence-corrected chi connectivity index (χ3v) is 4.08. The lowest BCUT2D eigenvalue weighted by Crippen LogP contribution is -2.29. The molecule has 118 valence electrons. The van der Waals surface area contributed by atoms with Gasteiger partial charge in [0.1, 0.15) is 6.10 Å². The predicted octanol–water partition coefficient (Wildman–Crippen LogP) is 3.12. The van der Waals surface area contributed by atoms with Crippen LogP contribution in [0.15, 0.2) is 0 Å². The van der Waals surface area contributed by atoms with Crippen molar-refractivity contribution in [3.05, 3.63) is 22.8 Å². The van der Waals surface area contributed by atoms with Gasteiger partial charge in [-0.3, -0.25) is 0 Å². The molecule has 1 aromatic heterocycles. The number of nitrogens with one attached hydrogen (secondary N) is 1. The van der Waals surface area contributed by atoms with Crippen molar-refractivity contribution in [1.29, 1.82) is 0 Å². The predicted molar refractivity (Wildman–Crippen MR) is 85.4 cm³/mol. The van der Waals surface area contributed by atoms with Crippen molar-refractivity contribution in [2.75, 3.05) is 13.2 Å². The van der Waals surface area contributed by atoms with E-state index in [1.807, 2.05) is 0 Å². The number of aromatic nitrogens is 2. The molecule has 1 aliphatic heterocycles. The monoisotopic (exact) mass is 291 g/mol. The van der Waals surface area contributed by atoms with Crippen LogP contribution < -0.4 is 5.32 Å². The van der Waals surface area contributed by atoms with Gasteiger partial charge in [-0.15, -0.1) is 0 Å². The Hall–Kier alpha value is -1.00. The Labute approximate surface area is 128 Å². The summed E-state index contributed by atoms with van der Waals surface area (Å²) in [7, 11) is 0. The highest BCUT2D eigenvalue weighted by molar-refractivity contribution is 5.25. The Bertz CT molecular complexity index is 444. The highest BCUT2D eigenvalue weighted by Gasteiger charge is 2.22. The molecule has 1 aromatic rings. The van der Waals surface area contributed by atoms with Gasteiger partial charge in [0.2, 0.25) is 0 Å². The molecule has 0 radical (unpaired) electrons. The average Bonchev–Trinajstić information content (AvgIpc) is 2.94. The molecule has 1 aliphatic rings. The molecule has 21 heavy (non-hydrogen) atoms. The maximum Gasteiger partial charge on any atom is 0.157 e. The van der Waals surface area contributed by atoms with Crippen LogP contribution in [0.1, 0.15) is 62.5 Å². The van der Waals surface area contributed by atoms with Crippen LogP contribution in [0.4, 0.5) is 0 Å². The number of ether oxygens (including phenoxy) is 1. The molecule has 2 unspecified atom stereocenters. The fourth-order valence-corrected chi connectivity index (χ4v) is 2.84. The molecule has 4 heteroatoms. The first kappa shape index (κ1) is 16.4.